The highest BCUT2D eigenvalue weighted by atomic mass is 19.4. The van der Waals surface area contributed by atoms with Crippen LogP contribution in [-0.4, -0.2) is 27.8 Å². The van der Waals surface area contributed by atoms with Crippen molar-refractivity contribution in [1.82, 2.24) is 15.5 Å². The van der Waals surface area contributed by atoms with Crippen molar-refractivity contribution < 1.29 is 23.1 Å². The topological polar surface area (TPSA) is 78.0 Å². The van der Waals surface area contributed by atoms with Gasteiger partial charge in [-0.2, -0.15) is 18.3 Å². The lowest BCUT2D eigenvalue weighted by atomic mass is 10.1. The van der Waals surface area contributed by atoms with Gasteiger partial charge in [-0.3, -0.25) is 9.89 Å². The number of aliphatic hydroxyl groups excluding tert-OH is 1. The van der Waals surface area contributed by atoms with Gasteiger partial charge in [0.05, 0.1) is 17.4 Å². The number of aryl methyl sites for hydroxylation is 2. The molecule has 136 valence electrons. The van der Waals surface area contributed by atoms with Gasteiger partial charge in [0, 0.05) is 25.1 Å². The predicted molar refractivity (Wildman–Crippen MR) is 85.8 cm³/mol. The maximum Gasteiger partial charge on any atom is 0.416 e. The Labute approximate surface area is 143 Å². The number of aromatic amines is 1. The quantitative estimate of drug-likeness (QED) is 0.746. The maximum absolute atomic E-state index is 12.5. The normalized spacial score (nSPS) is 12.9. The van der Waals surface area contributed by atoms with E-state index in [1.54, 1.807) is 0 Å². The van der Waals surface area contributed by atoms with E-state index >= 15 is 0 Å². The van der Waals surface area contributed by atoms with Crippen LogP contribution in [0.5, 0.6) is 0 Å². The highest BCUT2D eigenvalue weighted by Gasteiger charge is 2.30. The van der Waals surface area contributed by atoms with Crippen LogP contribution in [0.4, 0.5) is 13.2 Å². The first-order valence-electron chi connectivity index (χ1n) is 7.81. The molecule has 0 radical (unpaired) electrons. The van der Waals surface area contributed by atoms with Gasteiger partial charge < -0.3 is 10.4 Å². The second-order valence-corrected chi connectivity index (χ2v) is 5.86. The number of rotatable bonds is 6. The molecule has 25 heavy (non-hydrogen) atoms. The number of hydrogen-bond acceptors (Lipinski definition) is 3. The van der Waals surface area contributed by atoms with E-state index in [0.29, 0.717) is 12.0 Å². The third-order valence-corrected chi connectivity index (χ3v) is 4.06. The van der Waals surface area contributed by atoms with Gasteiger partial charge in [0.15, 0.2) is 0 Å². The van der Waals surface area contributed by atoms with Crippen LogP contribution in [0.15, 0.2) is 24.3 Å². The van der Waals surface area contributed by atoms with Gasteiger partial charge in [-0.05, 0) is 37.1 Å². The molecule has 1 amide bonds. The molecule has 1 aromatic heterocycles. The molecule has 0 saturated carbocycles. The summed E-state index contributed by atoms with van der Waals surface area (Å²) in [6, 6.07) is 4.22. The SMILES string of the molecule is Cc1[nH]nc(CCC(=O)NC[C@@H](O)c2ccc(C(F)(F)F)cc2)c1C. The van der Waals surface area contributed by atoms with Crippen molar-refractivity contribution in [2.24, 2.45) is 0 Å². The van der Waals surface area contributed by atoms with Crippen molar-refractivity contribution in [1.29, 1.82) is 0 Å². The fourth-order valence-electron chi connectivity index (χ4n) is 2.32. The van der Waals surface area contributed by atoms with E-state index in [1.165, 1.54) is 12.1 Å². The fraction of sp³-hybridized carbons (Fsp3) is 0.412. The minimum Gasteiger partial charge on any atom is -0.387 e. The monoisotopic (exact) mass is 355 g/mol. The zero-order valence-corrected chi connectivity index (χ0v) is 13.9. The fourth-order valence-corrected chi connectivity index (χ4v) is 2.32. The molecule has 2 aromatic rings. The van der Waals surface area contributed by atoms with Crippen LogP contribution < -0.4 is 5.32 Å². The first kappa shape index (κ1) is 19.0. The van der Waals surface area contributed by atoms with Crippen LogP contribution in [0.25, 0.3) is 0 Å². The summed E-state index contributed by atoms with van der Waals surface area (Å²) in [5, 5.41) is 19.5. The number of halogens is 3. The number of aromatic nitrogens is 2. The summed E-state index contributed by atoms with van der Waals surface area (Å²) in [6.45, 7) is 3.75. The Hall–Kier alpha value is -2.35. The molecule has 0 saturated heterocycles. The number of H-pyrrole nitrogens is 1. The molecule has 0 aliphatic rings. The molecule has 2 rings (SSSR count). The third kappa shape index (κ3) is 5.06. The first-order chi connectivity index (χ1) is 11.7. The van der Waals surface area contributed by atoms with Gasteiger partial charge in [-0.1, -0.05) is 12.1 Å². The molecule has 5 nitrogen and oxygen atoms in total. The zero-order valence-electron chi connectivity index (χ0n) is 13.9. The lowest BCUT2D eigenvalue weighted by Crippen LogP contribution is -2.28. The Morgan fingerprint density at radius 1 is 1.28 bits per heavy atom. The molecule has 0 spiro atoms. The zero-order chi connectivity index (χ0) is 18.6. The summed E-state index contributed by atoms with van der Waals surface area (Å²) in [7, 11) is 0. The highest BCUT2D eigenvalue weighted by molar-refractivity contribution is 5.76. The number of alkyl halides is 3. The van der Waals surface area contributed by atoms with Gasteiger partial charge >= 0.3 is 6.18 Å². The van der Waals surface area contributed by atoms with Crippen LogP contribution in [0.1, 0.15) is 40.6 Å². The van der Waals surface area contributed by atoms with E-state index in [4.69, 9.17) is 0 Å². The second kappa shape index (κ2) is 7.69. The van der Waals surface area contributed by atoms with E-state index in [9.17, 15) is 23.1 Å². The molecule has 8 heteroatoms. The van der Waals surface area contributed by atoms with E-state index in [0.717, 1.165) is 29.1 Å². The minimum atomic E-state index is -4.42. The summed E-state index contributed by atoms with van der Waals surface area (Å²) in [5.41, 5.74) is 2.31. The molecule has 1 heterocycles. The van der Waals surface area contributed by atoms with Gasteiger partial charge in [0.1, 0.15) is 0 Å². The summed E-state index contributed by atoms with van der Waals surface area (Å²) in [4.78, 5) is 11.8. The largest absolute Gasteiger partial charge is 0.416 e. The lowest BCUT2D eigenvalue weighted by molar-refractivity contribution is -0.137. The summed E-state index contributed by atoms with van der Waals surface area (Å²) in [6.07, 6.45) is -4.80. The summed E-state index contributed by atoms with van der Waals surface area (Å²) in [5.74, 6) is -0.258. The number of nitrogens with one attached hydrogen (secondary N) is 2. The van der Waals surface area contributed by atoms with E-state index in [-0.39, 0.29) is 18.9 Å². The van der Waals surface area contributed by atoms with E-state index < -0.39 is 17.8 Å². The Kier molecular flexibility index (Phi) is 5.84. The smallest absolute Gasteiger partial charge is 0.387 e. The summed E-state index contributed by atoms with van der Waals surface area (Å²) < 4.78 is 37.5. The molecule has 0 aliphatic heterocycles. The predicted octanol–water partition coefficient (Wildman–Crippen LogP) is 2.83. The van der Waals surface area contributed by atoms with Crippen LogP contribution in [0, 0.1) is 13.8 Å². The van der Waals surface area contributed by atoms with Crippen LogP contribution in [0.2, 0.25) is 0 Å². The van der Waals surface area contributed by atoms with Gasteiger partial charge in [-0.15, -0.1) is 0 Å². The molecular formula is C17H20F3N3O2. The van der Waals surface area contributed by atoms with Crippen molar-refractivity contribution in [3.8, 4) is 0 Å². The molecule has 0 unspecified atom stereocenters. The average Bonchev–Trinajstić information content (AvgIpc) is 2.89. The number of benzene rings is 1. The Morgan fingerprint density at radius 3 is 2.44 bits per heavy atom. The molecule has 0 bridgehead atoms. The van der Waals surface area contributed by atoms with Crippen molar-refractivity contribution in [3.63, 3.8) is 0 Å². The summed E-state index contributed by atoms with van der Waals surface area (Å²) >= 11 is 0. The van der Waals surface area contributed by atoms with Crippen LogP contribution in [0.3, 0.4) is 0 Å². The highest BCUT2D eigenvalue weighted by Crippen LogP contribution is 2.29. The maximum atomic E-state index is 12.5. The molecule has 1 atom stereocenters. The van der Waals surface area contributed by atoms with Crippen molar-refractivity contribution in [2.45, 2.75) is 39.0 Å². The molecule has 1 aromatic carbocycles. The molecule has 3 N–H and O–H groups in total. The average molecular weight is 355 g/mol. The molecule has 0 fully saturated rings. The number of hydrogen-bond donors (Lipinski definition) is 3. The van der Waals surface area contributed by atoms with Crippen molar-refractivity contribution in [2.75, 3.05) is 6.54 Å². The number of carbonyl (C=O) groups is 1. The molecule has 0 aliphatic carbocycles. The van der Waals surface area contributed by atoms with Crippen LogP contribution in [-0.2, 0) is 17.4 Å². The second-order valence-electron chi connectivity index (χ2n) is 5.86. The lowest BCUT2D eigenvalue weighted by Gasteiger charge is -2.13. The minimum absolute atomic E-state index is 0.0667. The van der Waals surface area contributed by atoms with Gasteiger partial charge in [-0.25, -0.2) is 0 Å². The Balaban J connectivity index is 1.81. The standard InChI is InChI=1S/C17H20F3N3O2/c1-10-11(2)22-23-14(10)7-8-16(25)21-9-15(24)12-3-5-13(6-4-12)17(18,19)20/h3-6,15,24H,7-9H2,1-2H3,(H,21,25)(H,22,23)/t15-/m1/s1. The van der Waals surface area contributed by atoms with E-state index in [2.05, 4.69) is 15.5 Å². The number of aliphatic hydroxyl groups is 1. The number of amides is 1. The number of carbonyl (C=O) groups excluding carboxylic acids is 1. The van der Waals surface area contributed by atoms with Crippen molar-refractivity contribution >= 4 is 5.91 Å². The van der Waals surface area contributed by atoms with Gasteiger partial charge in [0.2, 0.25) is 5.91 Å². The Bertz CT molecular complexity index is 724. The number of nitrogens with zero attached hydrogens (tertiary/aromatic N) is 1. The van der Waals surface area contributed by atoms with Crippen molar-refractivity contribution in [3.05, 3.63) is 52.3 Å². The first-order valence-corrected chi connectivity index (χ1v) is 7.81. The van der Waals surface area contributed by atoms with Gasteiger partial charge in [0.25, 0.3) is 0 Å². The Morgan fingerprint density at radius 2 is 1.92 bits per heavy atom. The molecular weight excluding hydrogens is 335 g/mol. The van der Waals surface area contributed by atoms with E-state index in [1.807, 2.05) is 13.8 Å². The third-order valence-electron chi connectivity index (χ3n) is 4.06. The van der Waals surface area contributed by atoms with Crippen LogP contribution >= 0.6 is 0 Å².